The molecule has 0 amide bonds. The molecule has 6 heteroatoms. The number of furan rings is 1. The number of hydrogen-bond acceptors (Lipinski definition) is 5. The summed E-state index contributed by atoms with van der Waals surface area (Å²) in [5, 5.41) is 11.6. The van der Waals surface area contributed by atoms with Gasteiger partial charge in [-0.15, -0.1) is 89.5 Å². The van der Waals surface area contributed by atoms with Gasteiger partial charge in [0.05, 0.1) is 18.6 Å². The maximum Gasteiger partial charge on any atom is 3.00 e. The molecule has 0 saturated heterocycles. The molecule has 0 bridgehead atoms. The Kier molecular flexibility index (Phi) is 12.6. The first-order valence-corrected chi connectivity index (χ1v) is 25.2. The Morgan fingerprint density at radius 3 is 1.88 bits per heavy atom. The van der Waals surface area contributed by atoms with E-state index in [0.717, 1.165) is 75.2 Å². The zero-order valence-electron chi connectivity index (χ0n) is 48.1. The molecule has 0 unspecified atom stereocenters. The number of rotatable bonds is 14. The van der Waals surface area contributed by atoms with E-state index in [4.69, 9.17) is 20.7 Å². The molecular formula is C68H59IrN4O. The molecule has 0 atom stereocenters. The minimum absolute atomic E-state index is 0. The van der Waals surface area contributed by atoms with Crippen LogP contribution in [0.3, 0.4) is 0 Å². The molecule has 6 aromatic carbocycles. The van der Waals surface area contributed by atoms with Gasteiger partial charge >= 0.3 is 20.1 Å². The molecule has 1 saturated carbocycles. The number of benzene rings is 6. The van der Waals surface area contributed by atoms with Gasteiger partial charge in [-0.3, -0.25) is 0 Å². The SMILES string of the molecule is [2H]c1cc2c(oc3c(-c4ccc(C([2H])([2H])C([2H])([2H])c5cc(CC(C)(C)c6ccc(-c7[c-]cccc7)nc6)cc(CC(C)(C)c6ccc(-c7[c-]ccc(-c8ccccc8)c7)nc6)c5)cn4)[c-]ccc32)c(C2([2H])CCCCC2)c1C#N.[Ir+3]. The number of pyridine rings is 3. The maximum atomic E-state index is 10.3. The van der Waals surface area contributed by atoms with Crippen LogP contribution in [0.2, 0.25) is 0 Å². The predicted molar refractivity (Wildman–Crippen MR) is 296 cm³/mol. The number of fused-ring (bicyclic) bond motifs is 3. The van der Waals surface area contributed by atoms with Crippen LogP contribution in [0.25, 0.3) is 66.8 Å². The van der Waals surface area contributed by atoms with E-state index in [2.05, 4.69) is 88.4 Å². The van der Waals surface area contributed by atoms with Gasteiger partial charge in [-0.2, -0.15) is 5.26 Å². The largest absolute Gasteiger partial charge is 3.00 e. The van der Waals surface area contributed by atoms with E-state index < -0.39 is 29.5 Å². The first-order chi connectivity index (χ1) is 37.8. The molecule has 74 heavy (non-hydrogen) atoms. The van der Waals surface area contributed by atoms with Crippen molar-refractivity contribution in [1.29, 1.82) is 5.26 Å². The zero-order chi connectivity index (χ0) is 55.3. The van der Waals surface area contributed by atoms with Crippen molar-refractivity contribution in [2.75, 3.05) is 0 Å². The van der Waals surface area contributed by atoms with E-state index in [0.29, 0.717) is 64.4 Å². The number of hydrogen-bond donors (Lipinski definition) is 0. The molecule has 0 spiro atoms. The second-order valence-corrected chi connectivity index (χ2v) is 20.6. The van der Waals surface area contributed by atoms with Gasteiger partial charge in [0, 0.05) is 36.4 Å². The van der Waals surface area contributed by atoms with Gasteiger partial charge in [0.15, 0.2) is 0 Å². The van der Waals surface area contributed by atoms with Crippen LogP contribution in [0.5, 0.6) is 0 Å². The van der Waals surface area contributed by atoms with E-state index in [1.165, 1.54) is 6.20 Å². The number of nitriles is 1. The minimum Gasteiger partial charge on any atom is -0.500 e. The van der Waals surface area contributed by atoms with E-state index in [1.807, 2.05) is 97.3 Å². The van der Waals surface area contributed by atoms with Crippen LogP contribution in [0, 0.1) is 29.5 Å². The summed E-state index contributed by atoms with van der Waals surface area (Å²) in [4.78, 5) is 14.5. The Morgan fingerprint density at radius 2 is 1.23 bits per heavy atom. The molecule has 1 aliphatic rings. The summed E-state index contributed by atoms with van der Waals surface area (Å²) in [7, 11) is 0. The second-order valence-electron chi connectivity index (χ2n) is 20.6. The van der Waals surface area contributed by atoms with Crippen molar-refractivity contribution in [3.8, 4) is 51.0 Å². The van der Waals surface area contributed by atoms with Gasteiger partial charge in [-0.25, -0.2) is 0 Å². The van der Waals surface area contributed by atoms with E-state index in [9.17, 15) is 12.1 Å². The first-order valence-electron chi connectivity index (χ1n) is 28.2. The van der Waals surface area contributed by atoms with Crippen LogP contribution in [0.4, 0.5) is 0 Å². The van der Waals surface area contributed by atoms with Crippen molar-refractivity contribution in [2.45, 2.75) is 102 Å². The van der Waals surface area contributed by atoms with Crippen LogP contribution in [0.15, 0.2) is 175 Å². The molecule has 10 aromatic rings. The average Bonchev–Trinajstić information content (AvgIpc) is 3.88. The van der Waals surface area contributed by atoms with Gasteiger partial charge in [0.2, 0.25) is 0 Å². The summed E-state index contributed by atoms with van der Waals surface area (Å²) in [5.41, 5.74) is 11.1. The Labute approximate surface area is 458 Å². The Balaban J connectivity index is 0.00000720. The Hall–Kier alpha value is -7.29. The van der Waals surface area contributed by atoms with Crippen LogP contribution in [0.1, 0.15) is 118 Å². The van der Waals surface area contributed by atoms with Gasteiger partial charge in [0.1, 0.15) is 5.58 Å². The molecule has 4 aromatic heterocycles. The third-order valence-corrected chi connectivity index (χ3v) is 14.4. The van der Waals surface area contributed by atoms with Crippen LogP contribution < -0.4 is 0 Å². The Morgan fingerprint density at radius 1 is 0.608 bits per heavy atom. The maximum absolute atomic E-state index is 10.3. The molecule has 1 fully saturated rings. The van der Waals surface area contributed by atoms with Crippen molar-refractivity contribution in [3.05, 3.63) is 233 Å². The average molecular weight is 1150 g/mol. The quantitative estimate of drug-likeness (QED) is 0.101. The van der Waals surface area contributed by atoms with E-state index in [-0.39, 0.29) is 42.8 Å². The molecule has 4 heterocycles. The summed E-state index contributed by atoms with van der Waals surface area (Å²) >= 11 is 0. The second kappa shape index (κ2) is 21.7. The van der Waals surface area contributed by atoms with Gasteiger partial charge in [0.25, 0.3) is 0 Å². The fourth-order valence-electron chi connectivity index (χ4n) is 10.5. The van der Waals surface area contributed by atoms with E-state index in [1.54, 1.807) is 24.3 Å². The minimum atomic E-state index is -2.56. The number of nitrogens with zero attached hydrogens (tertiary/aromatic N) is 4. The predicted octanol–water partition coefficient (Wildman–Crippen LogP) is 16.6. The molecule has 366 valence electrons. The van der Waals surface area contributed by atoms with Crippen molar-refractivity contribution in [1.82, 2.24) is 15.0 Å². The van der Waals surface area contributed by atoms with Crippen molar-refractivity contribution < 1.29 is 32.7 Å². The van der Waals surface area contributed by atoms with Gasteiger partial charge in [-0.05, 0) is 117 Å². The molecular weight excluding hydrogens is 1080 g/mol. The summed E-state index contributed by atoms with van der Waals surface area (Å²) in [6, 6.07) is 58.6. The number of aromatic nitrogens is 3. The smallest absolute Gasteiger partial charge is 0.500 e. The van der Waals surface area contributed by atoms with Gasteiger partial charge in [-0.1, -0.05) is 149 Å². The molecule has 11 rings (SSSR count). The van der Waals surface area contributed by atoms with Crippen LogP contribution in [-0.4, -0.2) is 15.0 Å². The molecule has 0 radical (unpaired) electrons. The summed E-state index contributed by atoms with van der Waals surface area (Å²) in [6.07, 6.45) is 4.97. The zero-order valence-corrected chi connectivity index (χ0v) is 44.5. The fraction of sp³-hybridized carbons (Fsp3) is 0.235. The Bertz CT molecular complexity index is 3910. The van der Waals surface area contributed by atoms with Crippen molar-refractivity contribution in [2.24, 2.45) is 0 Å². The summed E-state index contributed by atoms with van der Waals surface area (Å²) in [6.45, 7) is 8.61. The normalized spacial score (nSPS) is 15.2. The summed E-state index contributed by atoms with van der Waals surface area (Å²) in [5.74, 6) is -1.07. The fourth-order valence-corrected chi connectivity index (χ4v) is 10.5. The van der Waals surface area contributed by atoms with Crippen molar-refractivity contribution >= 4 is 21.9 Å². The third-order valence-electron chi connectivity index (χ3n) is 14.4. The number of aryl methyl sites for hydroxylation is 2. The monoisotopic (exact) mass is 1150 g/mol. The topological polar surface area (TPSA) is 75.6 Å². The molecule has 0 aliphatic heterocycles. The van der Waals surface area contributed by atoms with Crippen LogP contribution in [-0.2, 0) is 56.5 Å². The molecule has 0 N–H and O–H groups in total. The summed E-state index contributed by atoms with van der Waals surface area (Å²) < 4.78 is 63.9. The third kappa shape index (κ3) is 10.7. The standard InChI is InChI=1S/C68H59N4O.Ir/c1-67(2,56-30-34-61(71-44-56)51-18-10-6-11-19-51)40-48-36-47(37-49(38-48)41-68(3,4)57-31-35-62(72-45-57)54-23-14-22-53(39-54)50-16-8-5-9-17-50)27-26-46-28-33-63(70-43-46)60-25-15-24-58-59-32-29-55(42-69)64(66(59)73-65(58)60)52-20-12-7-13-21-52;/h5-6,8-11,14-18,22,24,28-39,43-45,52H,7,12-13,20-21,26-27,40-41H2,1-4H3;/q-3;+3/i26D2,27D2,29D,52D;. The molecule has 5 nitrogen and oxygen atoms in total. The molecule has 1 aliphatic carbocycles. The van der Waals surface area contributed by atoms with Crippen molar-refractivity contribution in [3.63, 3.8) is 0 Å². The van der Waals surface area contributed by atoms with Gasteiger partial charge < -0.3 is 19.4 Å². The van der Waals surface area contributed by atoms with Crippen LogP contribution >= 0.6 is 0 Å². The first kappa shape index (κ1) is 43.1. The van der Waals surface area contributed by atoms with E-state index >= 15 is 0 Å².